The Bertz CT molecular complexity index is 525. The standard InChI is InChI=1S/C15H22ClN3O/c1-3-11-15(16)13(19(4-2)18-11)8-14(20)10-7-9-5-6-12(10)17-9/h9-10,12,17H,3-8H2,1-2H3. The van der Waals surface area contributed by atoms with Gasteiger partial charge in [-0.15, -0.1) is 0 Å². The zero-order valence-corrected chi connectivity index (χ0v) is 12.9. The highest BCUT2D eigenvalue weighted by Gasteiger charge is 2.42. The molecule has 2 aliphatic rings. The Labute approximate surface area is 124 Å². The van der Waals surface area contributed by atoms with Gasteiger partial charge in [0.1, 0.15) is 5.78 Å². The smallest absolute Gasteiger partial charge is 0.143 e. The molecule has 1 aromatic rings. The minimum atomic E-state index is 0.176. The molecular weight excluding hydrogens is 274 g/mol. The van der Waals surface area contributed by atoms with E-state index >= 15 is 0 Å². The number of nitrogens with one attached hydrogen (secondary N) is 1. The van der Waals surface area contributed by atoms with E-state index in [2.05, 4.69) is 10.4 Å². The number of carbonyl (C=O) groups is 1. The second kappa shape index (κ2) is 5.49. The molecule has 3 atom stereocenters. The molecule has 0 spiro atoms. The Morgan fingerprint density at radius 2 is 2.25 bits per heavy atom. The van der Waals surface area contributed by atoms with Crippen molar-refractivity contribution in [2.45, 2.75) is 64.6 Å². The normalized spacial score (nSPS) is 28.2. The van der Waals surface area contributed by atoms with Crippen LogP contribution < -0.4 is 5.32 Å². The second-order valence-corrected chi connectivity index (χ2v) is 6.29. The number of ketones is 1. The first-order valence-corrected chi connectivity index (χ1v) is 8.04. The van der Waals surface area contributed by atoms with E-state index in [0.29, 0.717) is 29.3 Å². The first-order valence-electron chi connectivity index (χ1n) is 7.66. The van der Waals surface area contributed by atoms with Crippen LogP contribution in [0.3, 0.4) is 0 Å². The number of Topliss-reactive ketones (excluding diaryl/α,β-unsaturated/α-hetero) is 1. The summed E-state index contributed by atoms with van der Waals surface area (Å²) < 4.78 is 1.89. The molecule has 1 N–H and O–H groups in total. The molecule has 5 heteroatoms. The third-order valence-corrected chi connectivity index (χ3v) is 5.19. The summed E-state index contributed by atoms with van der Waals surface area (Å²) in [7, 11) is 0. The van der Waals surface area contributed by atoms with E-state index < -0.39 is 0 Å². The van der Waals surface area contributed by atoms with Gasteiger partial charge in [0.15, 0.2) is 0 Å². The Hall–Kier alpha value is -0.870. The van der Waals surface area contributed by atoms with Gasteiger partial charge in [-0.1, -0.05) is 18.5 Å². The van der Waals surface area contributed by atoms with E-state index in [9.17, 15) is 4.79 Å². The highest BCUT2D eigenvalue weighted by Crippen LogP contribution is 2.35. The maximum atomic E-state index is 12.6. The summed E-state index contributed by atoms with van der Waals surface area (Å²) in [4.78, 5) is 12.6. The molecule has 2 saturated heterocycles. The lowest BCUT2D eigenvalue weighted by molar-refractivity contribution is -0.122. The zero-order valence-electron chi connectivity index (χ0n) is 12.2. The molecule has 3 heterocycles. The lowest BCUT2D eigenvalue weighted by atomic mass is 9.84. The van der Waals surface area contributed by atoms with Gasteiger partial charge in [0.2, 0.25) is 0 Å². The van der Waals surface area contributed by atoms with Crippen molar-refractivity contribution < 1.29 is 4.79 Å². The average molecular weight is 296 g/mol. The van der Waals surface area contributed by atoms with Crippen LogP contribution in [0.5, 0.6) is 0 Å². The van der Waals surface area contributed by atoms with E-state index in [0.717, 1.165) is 37.2 Å². The first kappa shape index (κ1) is 14.1. The maximum Gasteiger partial charge on any atom is 0.143 e. The van der Waals surface area contributed by atoms with Crippen LogP contribution in [0.2, 0.25) is 5.02 Å². The predicted molar refractivity (Wildman–Crippen MR) is 79.1 cm³/mol. The van der Waals surface area contributed by atoms with Crippen LogP contribution >= 0.6 is 11.6 Å². The summed E-state index contributed by atoms with van der Waals surface area (Å²) in [5.41, 5.74) is 1.81. The van der Waals surface area contributed by atoms with Gasteiger partial charge in [-0.2, -0.15) is 5.10 Å². The summed E-state index contributed by atoms with van der Waals surface area (Å²) in [5.74, 6) is 0.499. The van der Waals surface area contributed by atoms with Gasteiger partial charge in [-0.3, -0.25) is 9.48 Å². The quantitative estimate of drug-likeness (QED) is 0.907. The summed E-state index contributed by atoms with van der Waals surface area (Å²) in [6, 6.07) is 0.960. The van der Waals surface area contributed by atoms with E-state index in [1.165, 1.54) is 6.42 Å². The molecule has 3 unspecified atom stereocenters. The van der Waals surface area contributed by atoms with Crippen LogP contribution in [0.15, 0.2) is 0 Å². The molecule has 20 heavy (non-hydrogen) atoms. The van der Waals surface area contributed by atoms with Crippen molar-refractivity contribution in [1.82, 2.24) is 15.1 Å². The maximum absolute atomic E-state index is 12.6. The number of carbonyl (C=O) groups excluding carboxylic acids is 1. The molecule has 1 aromatic heterocycles. The lowest BCUT2D eigenvalue weighted by Gasteiger charge is -2.19. The van der Waals surface area contributed by atoms with E-state index in [1.807, 2.05) is 18.5 Å². The van der Waals surface area contributed by atoms with Crippen molar-refractivity contribution in [3.63, 3.8) is 0 Å². The van der Waals surface area contributed by atoms with Crippen molar-refractivity contribution in [2.24, 2.45) is 5.92 Å². The number of fused-ring (bicyclic) bond motifs is 2. The summed E-state index contributed by atoms with van der Waals surface area (Å²) in [5, 5.41) is 8.71. The SMILES string of the molecule is CCc1nn(CC)c(CC(=O)C2CC3CCC2N3)c1Cl. The molecule has 0 aliphatic carbocycles. The van der Waals surface area contributed by atoms with Crippen LogP contribution in [-0.4, -0.2) is 27.6 Å². The van der Waals surface area contributed by atoms with E-state index in [1.54, 1.807) is 0 Å². The Kier molecular flexibility index (Phi) is 3.87. The van der Waals surface area contributed by atoms with Crippen molar-refractivity contribution in [3.8, 4) is 0 Å². The number of halogens is 1. The monoisotopic (exact) mass is 295 g/mol. The molecule has 0 amide bonds. The van der Waals surface area contributed by atoms with E-state index in [4.69, 9.17) is 11.6 Å². The molecule has 0 saturated carbocycles. The number of aryl methyl sites for hydroxylation is 2. The van der Waals surface area contributed by atoms with Gasteiger partial charge in [0, 0.05) is 24.5 Å². The Morgan fingerprint density at radius 3 is 2.80 bits per heavy atom. The fraction of sp³-hybridized carbons (Fsp3) is 0.733. The number of hydrogen-bond acceptors (Lipinski definition) is 3. The zero-order chi connectivity index (χ0) is 14.3. The summed E-state index contributed by atoms with van der Waals surface area (Å²) >= 11 is 6.39. The minimum absolute atomic E-state index is 0.176. The minimum Gasteiger partial charge on any atom is -0.310 e. The Balaban J connectivity index is 1.77. The van der Waals surface area contributed by atoms with Crippen LogP contribution in [0.4, 0.5) is 0 Å². The molecule has 4 nitrogen and oxygen atoms in total. The molecule has 2 aliphatic heterocycles. The molecule has 110 valence electrons. The highest BCUT2D eigenvalue weighted by molar-refractivity contribution is 6.32. The van der Waals surface area contributed by atoms with E-state index in [-0.39, 0.29) is 5.92 Å². The van der Waals surface area contributed by atoms with Crippen LogP contribution in [0.25, 0.3) is 0 Å². The fourth-order valence-electron chi connectivity index (χ4n) is 3.66. The number of rotatable bonds is 5. The molecule has 2 bridgehead atoms. The summed E-state index contributed by atoms with van der Waals surface area (Å²) in [6.45, 7) is 4.84. The van der Waals surface area contributed by atoms with Crippen LogP contribution in [0.1, 0.15) is 44.5 Å². The third kappa shape index (κ3) is 2.29. The molecule has 2 fully saturated rings. The van der Waals surface area contributed by atoms with Gasteiger partial charge in [-0.05, 0) is 32.6 Å². The molecule has 0 aromatic carbocycles. The number of hydrogen-bond donors (Lipinski definition) is 1. The van der Waals surface area contributed by atoms with Gasteiger partial charge in [0.05, 0.1) is 22.8 Å². The van der Waals surface area contributed by atoms with Crippen molar-refractivity contribution >= 4 is 17.4 Å². The molecule has 0 radical (unpaired) electrons. The predicted octanol–water partition coefficient (Wildman–Crippen LogP) is 2.37. The third-order valence-electron chi connectivity index (χ3n) is 4.75. The lowest BCUT2D eigenvalue weighted by Crippen LogP contribution is -2.30. The van der Waals surface area contributed by atoms with Crippen molar-refractivity contribution in [2.75, 3.05) is 0 Å². The van der Waals surface area contributed by atoms with Crippen LogP contribution in [0, 0.1) is 5.92 Å². The largest absolute Gasteiger partial charge is 0.310 e. The second-order valence-electron chi connectivity index (χ2n) is 5.91. The fourth-order valence-corrected chi connectivity index (χ4v) is 4.00. The highest BCUT2D eigenvalue weighted by atomic mass is 35.5. The van der Waals surface area contributed by atoms with Gasteiger partial charge in [-0.25, -0.2) is 0 Å². The van der Waals surface area contributed by atoms with Crippen LogP contribution in [-0.2, 0) is 24.2 Å². The van der Waals surface area contributed by atoms with Gasteiger partial charge >= 0.3 is 0 Å². The van der Waals surface area contributed by atoms with Crippen molar-refractivity contribution in [3.05, 3.63) is 16.4 Å². The summed E-state index contributed by atoms with van der Waals surface area (Å²) in [6.07, 6.45) is 4.60. The van der Waals surface area contributed by atoms with Crippen molar-refractivity contribution in [1.29, 1.82) is 0 Å². The number of nitrogens with zero attached hydrogens (tertiary/aromatic N) is 2. The average Bonchev–Trinajstić information content (AvgIpc) is 3.14. The number of aromatic nitrogens is 2. The first-order chi connectivity index (χ1) is 9.63. The Morgan fingerprint density at radius 1 is 1.45 bits per heavy atom. The van der Waals surface area contributed by atoms with Gasteiger partial charge < -0.3 is 5.32 Å². The molecule has 3 rings (SSSR count). The topological polar surface area (TPSA) is 46.9 Å². The molecular formula is C15H22ClN3O. The van der Waals surface area contributed by atoms with Gasteiger partial charge in [0.25, 0.3) is 0 Å².